The number of benzene rings is 2. The lowest BCUT2D eigenvalue weighted by Gasteiger charge is -2.45. The number of ether oxygens (including phenoxy) is 6. The summed E-state index contributed by atoms with van der Waals surface area (Å²) in [6, 6.07) is 12.4. The minimum atomic E-state index is -1.69. The number of nitrogens with one attached hydrogen (secondary N) is 2. The molecule has 0 saturated carbocycles. The van der Waals surface area contributed by atoms with Crippen LogP contribution in [0.2, 0.25) is 0 Å². The van der Waals surface area contributed by atoms with Gasteiger partial charge in [0.25, 0.3) is 0 Å². The van der Waals surface area contributed by atoms with E-state index in [0.717, 1.165) is 49.9 Å². The molecule has 1 aliphatic heterocycles. The van der Waals surface area contributed by atoms with Crippen LogP contribution in [0.25, 0.3) is 11.1 Å². The van der Waals surface area contributed by atoms with E-state index in [2.05, 4.69) is 10.6 Å². The molecule has 258 valence electrons. The number of aliphatic carboxylic acids is 1. The summed E-state index contributed by atoms with van der Waals surface area (Å²) < 4.78 is 33.2. The van der Waals surface area contributed by atoms with Gasteiger partial charge in [0.1, 0.15) is 25.4 Å². The number of alkyl carbamates (subject to hydrolysis) is 1. The van der Waals surface area contributed by atoms with E-state index in [1.54, 1.807) is 0 Å². The van der Waals surface area contributed by atoms with E-state index in [-0.39, 0.29) is 12.5 Å². The number of carbonyl (C=O) groups is 6. The average molecular weight is 671 g/mol. The summed E-state index contributed by atoms with van der Waals surface area (Å²) in [7, 11) is 0. The number of hydrogen-bond donors (Lipinski definition) is 3. The van der Waals surface area contributed by atoms with Crippen LogP contribution in [-0.4, -0.2) is 97.0 Å². The molecule has 15 nitrogen and oxygen atoms in total. The Labute approximate surface area is 276 Å². The number of fused-ring (bicyclic) bond motifs is 3. The first kappa shape index (κ1) is 35.8. The van der Waals surface area contributed by atoms with Gasteiger partial charge >= 0.3 is 30.0 Å². The molecule has 1 aliphatic carbocycles. The smallest absolute Gasteiger partial charge is 0.407 e. The van der Waals surface area contributed by atoms with Crippen molar-refractivity contribution >= 4 is 35.9 Å². The van der Waals surface area contributed by atoms with Crippen LogP contribution in [0, 0.1) is 0 Å². The molecule has 0 aromatic heterocycles. The molecule has 4 rings (SSSR count). The first-order chi connectivity index (χ1) is 22.8. The topological polar surface area (TPSA) is 202 Å². The summed E-state index contributed by atoms with van der Waals surface area (Å²) in [5.41, 5.74) is 3.97. The second kappa shape index (κ2) is 15.7. The third-order valence-electron chi connectivity index (χ3n) is 7.77. The van der Waals surface area contributed by atoms with Crippen molar-refractivity contribution in [3.8, 4) is 11.1 Å². The lowest BCUT2D eigenvalue weighted by Crippen LogP contribution is -2.67. The van der Waals surface area contributed by atoms with Gasteiger partial charge in [0.15, 0.2) is 24.5 Å². The fraction of sp³-hybridized carbons (Fsp3) is 0.455. The highest BCUT2D eigenvalue weighted by Crippen LogP contribution is 2.44. The predicted molar refractivity (Wildman–Crippen MR) is 164 cm³/mol. The van der Waals surface area contributed by atoms with E-state index in [9.17, 15) is 33.9 Å². The van der Waals surface area contributed by atoms with Crippen molar-refractivity contribution in [3.05, 3.63) is 59.7 Å². The van der Waals surface area contributed by atoms with Gasteiger partial charge in [-0.1, -0.05) is 48.5 Å². The van der Waals surface area contributed by atoms with Gasteiger partial charge in [-0.25, -0.2) is 9.59 Å². The Hall–Kier alpha value is -5.02. The molecule has 2 aromatic carbocycles. The average Bonchev–Trinajstić information content (AvgIpc) is 3.33. The second-order valence-corrected chi connectivity index (χ2v) is 11.3. The number of rotatable bonds is 12. The van der Waals surface area contributed by atoms with Crippen molar-refractivity contribution in [2.75, 3.05) is 13.2 Å². The maximum Gasteiger partial charge on any atom is 0.407 e. The van der Waals surface area contributed by atoms with Gasteiger partial charge in [0.2, 0.25) is 5.91 Å². The molecular formula is C33H38N2O13. The zero-order valence-corrected chi connectivity index (χ0v) is 27.0. The zero-order valence-electron chi connectivity index (χ0n) is 27.0. The quantitative estimate of drug-likeness (QED) is 0.219. The van der Waals surface area contributed by atoms with E-state index < -0.39 is 85.3 Å². The number of esters is 3. The summed E-state index contributed by atoms with van der Waals surface area (Å²) >= 11 is 0. The molecule has 1 saturated heterocycles. The fourth-order valence-electron chi connectivity index (χ4n) is 5.84. The molecule has 1 fully saturated rings. The van der Waals surface area contributed by atoms with Crippen LogP contribution >= 0.6 is 0 Å². The lowest BCUT2D eigenvalue weighted by atomic mass is 9.95. The van der Waals surface area contributed by atoms with Crippen LogP contribution in [0.15, 0.2) is 48.5 Å². The molecule has 2 aliphatic rings. The summed E-state index contributed by atoms with van der Waals surface area (Å²) in [6.45, 7) is 5.26. The third kappa shape index (κ3) is 8.66. The number of carbonyl (C=O) groups excluding carboxylic acids is 5. The summed E-state index contributed by atoms with van der Waals surface area (Å²) in [5, 5.41) is 14.9. The molecule has 0 spiro atoms. The maximum atomic E-state index is 13.0. The summed E-state index contributed by atoms with van der Waals surface area (Å²) in [5.74, 6) is -4.67. The normalized spacial score (nSPS) is 22.6. The Bertz CT molecular complexity index is 1500. The van der Waals surface area contributed by atoms with Crippen molar-refractivity contribution in [2.45, 2.75) is 83.3 Å². The summed E-state index contributed by atoms with van der Waals surface area (Å²) in [6.07, 6.45) is -7.98. The van der Waals surface area contributed by atoms with Crippen molar-refractivity contribution < 1.29 is 62.3 Å². The van der Waals surface area contributed by atoms with Crippen molar-refractivity contribution in [2.24, 2.45) is 0 Å². The molecular weight excluding hydrogens is 632 g/mol. The SMILES string of the molecule is CC(=O)N[C@H]1[C@H](O[C@H](C)[C@H](NC(=O)OCC2c3ccccc3-c3ccccc32)C(=O)O)O[C@@H](COC(C)=O)[C@@H](OC(C)=O)[C@@H]1OC(C)=O. The van der Waals surface area contributed by atoms with Crippen molar-refractivity contribution in [3.63, 3.8) is 0 Å². The van der Waals surface area contributed by atoms with E-state index in [1.807, 2.05) is 48.5 Å². The number of carboxylic acid groups (broad SMARTS) is 1. The number of hydrogen-bond acceptors (Lipinski definition) is 12. The zero-order chi connectivity index (χ0) is 35.1. The van der Waals surface area contributed by atoms with E-state index in [1.165, 1.54) is 6.92 Å². The number of carboxylic acids is 1. The molecule has 3 N–H and O–H groups in total. The van der Waals surface area contributed by atoms with E-state index >= 15 is 0 Å². The molecule has 15 heteroatoms. The second-order valence-electron chi connectivity index (χ2n) is 11.3. The molecule has 0 unspecified atom stereocenters. The van der Waals surface area contributed by atoms with E-state index in [0.29, 0.717) is 0 Å². The molecule has 2 amide bonds. The Morgan fingerprint density at radius 3 is 1.88 bits per heavy atom. The van der Waals surface area contributed by atoms with Crippen molar-refractivity contribution in [1.82, 2.24) is 10.6 Å². The van der Waals surface area contributed by atoms with Gasteiger partial charge in [-0.15, -0.1) is 0 Å². The first-order valence-corrected chi connectivity index (χ1v) is 15.2. The Morgan fingerprint density at radius 1 is 0.792 bits per heavy atom. The van der Waals surface area contributed by atoms with Crippen molar-refractivity contribution in [1.29, 1.82) is 0 Å². The molecule has 7 atom stereocenters. The van der Waals surface area contributed by atoms with Crippen LogP contribution in [0.4, 0.5) is 4.79 Å². The summed E-state index contributed by atoms with van der Waals surface area (Å²) in [4.78, 5) is 73.2. The molecule has 0 bridgehead atoms. The van der Waals surface area contributed by atoms with Gasteiger partial charge in [-0.3, -0.25) is 19.2 Å². The molecule has 48 heavy (non-hydrogen) atoms. The molecule has 1 heterocycles. The standard InChI is InChI=1S/C33H38N2O13/c1-16(27(31(40)41)35-33(42)44-14-25-23-12-8-6-10-21(23)22-11-7-9-13-24(22)25)45-32-28(34-17(2)36)30(47-20(5)39)29(46-19(4)38)26(48-32)15-43-18(3)37/h6-13,16,25-30,32H,14-15H2,1-5H3,(H,34,36)(H,35,42)(H,40,41)/t16-,26+,27+,28-,29-,30-,32-/m1/s1. The Kier molecular flexibility index (Phi) is 11.7. The monoisotopic (exact) mass is 670 g/mol. The Balaban J connectivity index is 1.52. The van der Waals surface area contributed by atoms with Crippen LogP contribution in [0.1, 0.15) is 51.7 Å². The van der Waals surface area contributed by atoms with Gasteiger partial charge in [0, 0.05) is 33.6 Å². The predicted octanol–water partition coefficient (Wildman–Crippen LogP) is 2.04. The maximum absolute atomic E-state index is 13.0. The van der Waals surface area contributed by atoms with Crippen LogP contribution < -0.4 is 10.6 Å². The van der Waals surface area contributed by atoms with Crippen LogP contribution in [-0.2, 0) is 52.4 Å². The molecule has 2 aromatic rings. The fourth-order valence-corrected chi connectivity index (χ4v) is 5.84. The highest BCUT2D eigenvalue weighted by Gasteiger charge is 2.52. The minimum absolute atomic E-state index is 0.0722. The first-order valence-electron chi connectivity index (χ1n) is 15.2. The highest BCUT2D eigenvalue weighted by atomic mass is 16.7. The van der Waals surface area contributed by atoms with Crippen LogP contribution in [0.3, 0.4) is 0 Å². The highest BCUT2D eigenvalue weighted by molar-refractivity contribution is 5.81. The largest absolute Gasteiger partial charge is 0.480 e. The van der Waals surface area contributed by atoms with Gasteiger partial charge in [0.05, 0.1) is 6.10 Å². The van der Waals surface area contributed by atoms with Gasteiger partial charge < -0.3 is 44.2 Å². The van der Waals surface area contributed by atoms with Crippen LogP contribution in [0.5, 0.6) is 0 Å². The third-order valence-corrected chi connectivity index (χ3v) is 7.77. The van der Waals surface area contributed by atoms with Gasteiger partial charge in [-0.2, -0.15) is 0 Å². The van der Waals surface area contributed by atoms with E-state index in [4.69, 9.17) is 28.4 Å². The Morgan fingerprint density at radius 2 is 1.35 bits per heavy atom. The number of amides is 2. The molecule has 0 radical (unpaired) electrons. The van der Waals surface area contributed by atoms with Gasteiger partial charge in [-0.05, 0) is 29.2 Å². The minimum Gasteiger partial charge on any atom is -0.480 e. The lowest BCUT2D eigenvalue weighted by molar-refractivity contribution is -0.287.